The lowest BCUT2D eigenvalue weighted by Gasteiger charge is -2.24. The molecule has 1 atom stereocenters. The average Bonchev–Trinajstić information content (AvgIpc) is 2.76. The van der Waals surface area contributed by atoms with Gasteiger partial charge in [0.1, 0.15) is 4.21 Å². The van der Waals surface area contributed by atoms with Crippen LogP contribution in [0.5, 0.6) is 0 Å². The Morgan fingerprint density at radius 2 is 2.00 bits per heavy atom. The van der Waals surface area contributed by atoms with Crippen LogP contribution in [0.2, 0.25) is 0 Å². The van der Waals surface area contributed by atoms with Gasteiger partial charge in [0.2, 0.25) is 0 Å². The molecule has 0 bridgehead atoms. The summed E-state index contributed by atoms with van der Waals surface area (Å²) in [6.45, 7) is 6.50. The Morgan fingerprint density at radius 3 is 2.44 bits per heavy atom. The van der Waals surface area contributed by atoms with E-state index in [4.69, 9.17) is 5.73 Å². The van der Waals surface area contributed by atoms with Gasteiger partial charge in [0.15, 0.2) is 0 Å². The molecule has 1 aromatic heterocycles. The zero-order chi connectivity index (χ0) is 13.9. The molecule has 104 valence electrons. The Kier molecular flexibility index (Phi) is 5.33. The minimum Gasteiger partial charge on any atom is -0.326 e. The lowest BCUT2D eigenvalue weighted by atomic mass is 10.1. The zero-order valence-electron chi connectivity index (χ0n) is 11.4. The van der Waals surface area contributed by atoms with E-state index >= 15 is 0 Å². The first-order valence-electron chi connectivity index (χ1n) is 6.04. The van der Waals surface area contributed by atoms with Gasteiger partial charge in [-0.25, -0.2) is 8.42 Å². The molecule has 0 aliphatic carbocycles. The second-order valence-electron chi connectivity index (χ2n) is 4.98. The van der Waals surface area contributed by atoms with Crippen molar-refractivity contribution in [1.29, 1.82) is 0 Å². The van der Waals surface area contributed by atoms with Gasteiger partial charge in [0.25, 0.3) is 10.0 Å². The summed E-state index contributed by atoms with van der Waals surface area (Å²) in [7, 11) is -1.73. The fraction of sp³-hybridized carbons (Fsp3) is 0.667. The third-order valence-electron chi connectivity index (χ3n) is 2.93. The molecular weight excluding hydrogens is 268 g/mol. The van der Waals surface area contributed by atoms with Crippen LogP contribution >= 0.6 is 11.3 Å². The quantitative estimate of drug-likeness (QED) is 0.874. The second-order valence-corrected chi connectivity index (χ2v) is 8.11. The van der Waals surface area contributed by atoms with Crippen molar-refractivity contribution in [2.24, 2.45) is 11.7 Å². The first-order valence-corrected chi connectivity index (χ1v) is 8.36. The van der Waals surface area contributed by atoms with Crippen molar-refractivity contribution in [2.45, 2.75) is 44.0 Å². The Hall–Kier alpha value is -0.430. The Bertz CT molecular complexity index is 480. The summed E-state index contributed by atoms with van der Waals surface area (Å²) in [5.74, 6) is 0.473. The van der Waals surface area contributed by atoms with E-state index < -0.39 is 10.0 Å². The van der Waals surface area contributed by atoms with Gasteiger partial charge >= 0.3 is 0 Å². The number of rotatable bonds is 6. The molecule has 18 heavy (non-hydrogen) atoms. The normalized spacial score (nSPS) is 14.4. The van der Waals surface area contributed by atoms with Crippen molar-refractivity contribution < 1.29 is 8.42 Å². The summed E-state index contributed by atoms with van der Waals surface area (Å²) in [6.07, 6.45) is 0.852. The molecule has 6 heteroatoms. The molecule has 1 unspecified atom stereocenters. The van der Waals surface area contributed by atoms with Crippen LogP contribution in [-0.4, -0.2) is 25.8 Å². The Balaban J connectivity index is 2.92. The minimum atomic E-state index is -3.38. The van der Waals surface area contributed by atoms with Crippen LogP contribution in [0.1, 0.15) is 32.8 Å². The highest BCUT2D eigenvalue weighted by atomic mass is 32.2. The maximum atomic E-state index is 12.4. The molecule has 1 aromatic rings. The molecule has 0 fully saturated rings. The number of nitrogens with two attached hydrogens (primary N) is 1. The van der Waals surface area contributed by atoms with Gasteiger partial charge in [-0.1, -0.05) is 13.8 Å². The van der Waals surface area contributed by atoms with Gasteiger partial charge in [-0.3, -0.25) is 0 Å². The highest BCUT2D eigenvalue weighted by Crippen LogP contribution is 2.25. The predicted molar refractivity (Wildman–Crippen MR) is 76.1 cm³/mol. The van der Waals surface area contributed by atoms with E-state index in [1.165, 1.54) is 15.6 Å². The molecule has 0 aliphatic heterocycles. The fourth-order valence-corrected chi connectivity index (χ4v) is 4.58. The lowest BCUT2D eigenvalue weighted by molar-refractivity contribution is 0.338. The van der Waals surface area contributed by atoms with E-state index in [1.807, 2.05) is 6.92 Å². The van der Waals surface area contributed by atoms with Crippen molar-refractivity contribution in [3.05, 3.63) is 17.0 Å². The van der Waals surface area contributed by atoms with Crippen molar-refractivity contribution in [1.82, 2.24) is 4.31 Å². The van der Waals surface area contributed by atoms with Crippen molar-refractivity contribution in [3.63, 3.8) is 0 Å². The molecular formula is C12H22N2O2S2. The largest absolute Gasteiger partial charge is 0.326 e. The van der Waals surface area contributed by atoms with Crippen LogP contribution in [0, 0.1) is 5.92 Å². The van der Waals surface area contributed by atoms with E-state index in [0.29, 0.717) is 16.7 Å². The smallest absolute Gasteiger partial charge is 0.252 e. The third-order valence-corrected chi connectivity index (χ3v) is 6.37. The molecule has 4 nitrogen and oxygen atoms in total. The Labute approximate surface area is 114 Å². The summed E-state index contributed by atoms with van der Waals surface area (Å²) in [6, 6.07) is 1.66. The summed E-state index contributed by atoms with van der Waals surface area (Å²) >= 11 is 1.24. The maximum absolute atomic E-state index is 12.4. The molecule has 1 heterocycles. The fourth-order valence-electron chi connectivity index (χ4n) is 1.80. The SMILES string of the molecule is CC(C)CC(C)N(C)S(=O)(=O)c1cc(CN)cs1. The average molecular weight is 290 g/mol. The van der Waals surface area contributed by atoms with Gasteiger partial charge in [-0.2, -0.15) is 4.31 Å². The molecule has 0 amide bonds. The van der Waals surface area contributed by atoms with Crippen LogP contribution < -0.4 is 5.73 Å². The van der Waals surface area contributed by atoms with Crippen LogP contribution in [0.25, 0.3) is 0 Å². The number of hydrogen-bond donors (Lipinski definition) is 1. The highest BCUT2D eigenvalue weighted by Gasteiger charge is 2.27. The van der Waals surface area contributed by atoms with Gasteiger partial charge in [0.05, 0.1) is 0 Å². The standard InChI is InChI=1S/C12H22N2O2S2/c1-9(2)5-10(3)14(4)18(15,16)12-6-11(7-13)8-17-12/h6,8-10H,5,7,13H2,1-4H3. The monoisotopic (exact) mass is 290 g/mol. The van der Waals surface area contributed by atoms with E-state index in [0.717, 1.165) is 12.0 Å². The van der Waals surface area contributed by atoms with E-state index in [1.54, 1.807) is 18.5 Å². The first-order chi connectivity index (χ1) is 8.28. The molecule has 0 saturated heterocycles. The topological polar surface area (TPSA) is 63.4 Å². The van der Waals surface area contributed by atoms with E-state index in [9.17, 15) is 8.42 Å². The molecule has 0 radical (unpaired) electrons. The molecule has 0 spiro atoms. The summed E-state index contributed by atoms with van der Waals surface area (Å²) in [4.78, 5) is 0. The molecule has 1 rings (SSSR count). The van der Waals surface area contributed by atoms with Gasteiger partial charge in [-0.05, 0) is 36.3 Å². The van der Waals surface area contributed by atoms with Crippen molar-refractivity contribution in [3.8, 4) is 0 Å². The van der Waals surface area contributed by atoms with E-state index in [2.05, 4.69) is 13.8 Å². The highest BCUT2D eigenvalue weighted by molar-refractivity contribution is 7.91. The van der Waals surface area contributed by atoms with E-state index in [-0.39, 0.29) is 6.04 Å². The minimum absolute atomic E-state index is 0.00146. The summed E-state index contributed by atoms with van der Waals surface area (Å²) < 4.78 is 26.6. The number of sulfonamides is 1. The van der Waals surface area contributed by atoms with Crippen molar-refractivity contribution >= 4 is 21.4 Å². The molecule has 0 aliphatic rings. The Morgan fingerprint density at radius 1 is 1.39 bits per heavy atom. The third kappa shape index (κ3) is 3.54. The number of thiophene rings is 1. The van der Waals surface area contributed by atoms with Gasteiger partial charge < -0.3 is 5.73 Å². The maximum Gasteiger partial charge on any atom is 0.252 e. The number of hydrogen-bond acceptors (Lipinski definition) is 4. The zero-order valence-corrected chi connectivity index (χ0v) is 13.0. The predicted octanol–water partition coefficient (Wildman–Crippen LogP) is 2.26. The van der Waals surface area contributed by atoms with Crippen LogP contribution in [0.3, 0.4) is 0 Å². The van der Waals surface area contributed by atoms with Gasteiger partial charge in [-0.15, -0.1) is 11.3 Å². The number of nitrogens with zero attached hydrogens (tertiary/aromatic N) is 1. The molecule has 0 saturated carbocycles. The second kappa shape index (κ2) is 6.14. The van der Waals surface area contributed by atoms with Crippen LogP contribution in [0.4, 0.5) is 0 Å². The molecule has 2 N–H and O–H groups in total. The van der Waals surface area contributed by atoms with Crippen LogP contribution in [0.15, 0.2) is 15.7 Å². The van der Waals surface area contributed by atoms with Crippen molar-refractivity contribution in [2.75, 3.05) is 7.05 Å². The summed E-state index contributed by atoms with van der Waals surface area (Å²) in [5, 5.41) is 1.80. The van der Waals surface area contributed by atoms with Crippen LogP contribution in [-0.2, 0) is 16.6 Å². The van der Waals surface area contributed by atoms with Gasteiger partial charge in [0, 0.05) is 19.6 Å². The first kappa shape index (κ1) is 15.6. The molecule has 0 aromatic carbocycles. The lowest BCUT2D eigenvalue weighted by Crippen LogP contribution is -2.35. The summed E-state index contributed by atoms with van der Waals surface area (Å²) in [5.41, 5.74) is 6.37.